The van der Waals surface area contributed by atoms with Gasteiger partial charge in [-0.25, -0.2) is 0 Å². The molecule has 0 radical (unpaired) electrons. The van der Waals surface area contributed by atoms with E-state index in [4.69, 9.17) is 9.47 Å². The standard InChI is InChI=1S/C18H20O3/c1-3-7-18(20-16-8-5-4-6-9-16)21-17-12-10-15(11-13-17)14(2)19/h4-6,8-13,18H,3,7H2,1-2H3. The maximum Gasteiger partial charge on any atom is 0.241 e. The third-order valence-corrected chi connectivity index (χ3v) is 3.06. The van der Waals surface area contributed by atoms with E-state index in [0.717, 1.165) is 18.6 Å². The van der Waals surface area contributed by atoms with Crippen LogP contribution in [0.4, 0.5) is 0 Å². The summed E-state index contributed by atoms with van der Waals surface area (Å²) in [5.41, 5.74) is 0.679. The number of carbonyl (C=O) groups excluding carboxylic acids is 1. The summed E-state index contributed by atoms with van der Waals surface area (Å²) in [4.78, 5) is 11.3. The third kappa shape index (κ3) is 4.63. The van der Waals surface area contributed by atoms with Crippen molar-refractivity contribution in [3.63, 3.8) is 0 Å². The Labute approximate surface area is 125 Å². The van der Waals surface area contributed by atoms with E-state index in [1.165, 1.54) is 0 Å². The maximum atomic E-state index is 11.3. The van der Waals surface area contributed by atoms with E-state index in [0.29, 0.717) is 11.3 Å². The molecule has 1 unspecified atom stereocenters. The monoisotopic (exact) mass is 284 g/mol. The lowest BCUT2D eigenvalue weighted by atomic mass is 10.1. The number of benzene rings is 2. The van der Waals surface area contributed by atoms with Crippen molar-refractivity contribution in [1.29, 1.82) is 0 Å². The van der Waals surface area contributed by atoms with Crippen LogP contribution in [0.1, 0.15) is 37.0 Å². The molecule has 3 nitrogen and oxygen atoms in total. The fourth-order valence-corrected chi connectivity index (χ4v) is 1.95. The first-order valence-corrected chi connectivity index (χ1v) is 7.18. The van der Waals surface area contributed by atoms with Gasteiger partial charge in [-0.05, 0) is 49.7 Å². The molecule has 0 aromatic heterocycles. The van der Waals surface area contributed by atoms with Gasteiger partial charge < -0.3 is 9.47 Å². The van der Waals surface area contributed by atoms with Crippen molar-refractivity contribution in [1.82, 2.24) is 0 Å². The number of Topliss-reactive ketones (excluding diaryl/α,β-unsaturated/α-hetero) is 1. The fourth-order valence-electron chi connectivity index (χ4n) is 1.95. The molecule has 2 rings (SSSR count). The molecule has 0 bridgehead atoms. The van der Waals surface area contributed by atoms with Gasteiger partial charge in [0.05, 0.1) is 0 Å². The van der Waals surface area contributed by atoms with Gasteiger partial charge in [0.25, 0.3) is 0 Å². The Balaban J connectivity index is 2.03. The van der Waals surface area contributed by atoms with Crippen LogP contribution in [0.3, 0.4) is 0 Å². The van der Waals surface area contributed by atoms with E-state index >= 15 is 0 Å². The zero-order chi connectivity index (χ0) is 15.1. The summed E-state index contributed by atoms with van der Waals surface area (Å²) in [6.45, 7) is 3.64. The number of hydrogen-bond acceptors (Lipinski definition) is 3. The van der Waals surface area contributed by atoms with E-state index in [9.17, 15) is 4.79 Å². The first-order chi connectivity index (χ1) is 10.2. The van der Waals surface area contributed by atoms with Crippen LogP contribution in [0.15, 0.2) is 54.6 Å². The highest BCUT2D eigenvalue weighted by molar-refractivity contribution is 5.94. The van der Waals surface area contributed by atoms with E-state index < -0.39 is 0 Å². The minimum absolute atomic E-state index is 0.0483. The van der Waals surface area contributed by atoms with Gasteiger partial charge >= 0.3 is 0 Å². The summed E-state index contributed by atoms with van der Waals surface area (Å²) in [7, 11) is 0. The normalized spacial score (nSPS) is 11.7. The van der Waals surface area contributed by atoms with Crippen LogP contribution in [0.25, 0.3) is 0 Å². The molecule has 21 heavy (non-hydrogen) atoms. The SMILES string of the molecule is CCCC(Oc1ccccc1)Oc1ccc(C(C)=O)cc1. The van der Waals surface area contributed by atoms with Crippen LogP contribution in [-0.2, 0) is 0 Å². The van der Waals surface area contributed by atoms with Crippen LogP contribution in [0.5, 0.6) is 11.5 Å². The number of rotatable bonds is 7. The smallest absolute Gasteiger partial charge is 0.241 e. The molecule has 0 saturated carbocycles. The molecule has 2 aromatic rings. The lowest BCUT2D eigenvalue weighted by Crippen LogP contribution is -2.23. The van der Waals surface area contributed by atoms with E-state index in [-0.39, 0.29) is 12.1 Å². The molecule has 0 aliphatic carbocycles. The highest BCUT2D eigenvalue weighted by Gasteiger charge is 2.11. The Kier molecular flexibility index (Phi) is 5.38. The lowest BCUT2D eigenvalue weighted by molar-refractivity contribution is -0.00104. The van der Waals surface area contributed by atoms with Gasteiger partial charge in [0.15, 0.2) is 5.78 Å². The predicted molar refractivity (Wildman–Crippen MR) is 82.8 cm³/mol. The number of carbonyl (C=O) groups is 1. The summed E-state index contributed by atoms with van der Waals surface area (Å²) < 4.78 is 11.7. The Morgan fingerprint density at radius 3 is 2.05 bits per heavy atom. The minimum Gasteiger partial charge on any atom is -0.455 e. The zero-order valence-electron chi connectivity index (χ0n) is 12.4. The van der Waals surface area contributed by atoms with E-state index in [2.05, 4.69) is 6.92 Å². The van der Waals surface area contributed by atoms with Crippen LogP contribution >= 0.6 is 0 Å². The van der Waals surface area contributed by atoms with Crippen LogP contribution in [0, 0.1) is 0 Å². The van der Waals surface area contributed by atoms with E-state index in [1.807, 2.05) is 30.3 Å². The molecule has 0 spiro atoms. The van der Waals surface area contributed by atoms with Gasteiger partial charge in [0, 0.05) is 12.0 Å². The zero-order valence-corrected chi connectivity index (χ0v) is 12.4. The molecular formula is C18H20O3. The fraction of sp³-hybridized carbons (Fsp3) is 0.278. The predicted octanol–water partition coefficient (Wildman–Crippen LogP) is 4.47. The first-order valence-electron chi connectivity index (χ1n) is 7.18. The molecular weight excluding hydrogens is 264 g/mol. The second kappa shape index (κ2) is 7.48. The lowest BCUT2D eigenvalue weighted by Gasteiger charge is -2.20. The Bertz CT molecular complexity index is 561. The number of hydrogen-bond donors (Lipinski definition) is 0. The Morgan fingerprint density at radius 1 is 0.952 bits per heavy atom. The van der Waals surface area contributed by atoms with Crippen molar-refractivity contribution < 1.29 is 14.3 Å². The molecule has 0 aliphatic rings. The quantitative estimate of drug-likeness (QED) is 0.555. The van der Waals surface area contributed by atoms with Crippen LogP contribution in [0.2, 0.25) is 0 Å². The molecule has 0 fully saturated rings. The molecule has 2 aromatic carbocycles. The van der Waals surface area contributed by atoms with E-state index in [1.54, 1.807) is 31.2 Å². The van der Waals surface area contributed by atoms with Crippen molar-refractivity contribution in [3.8, 4) is 11.5 Å². The number of ketones is 1. The number of para-hydroxylation sites is 1. The second-order valence-electron chi connectivity index (χ2n) is 4.85. The molecule has 110 valence electrons. The summed E-state index contributed by atoms with van der Waals surface area (Å²) in [6, 6.07) is 16.8. The molecule has 0 amide bonds. The van der Waals surface area contributed by atoms with Gasteiger partial charge in [-0.2, -0.15) is 0 Å². The van der Waals surface area contributed by atoms with Crippen LogP contribution in [-0.4, -0.2) is 12.1 Å². The van der Waals surface area contributed by atoms with Gasteiger partial charge in [-0.1, -0.05) is 25.1 Å². The summed E-state index contributed by atoms with van der Waals surface area (Å²) in [5, 5.41) is 0. The Morgan fingerprint density at radius 2 is 1.52 bits per heavy atom. The largest absolute Gasteiger partial charge is 0.455 e. The molecule has 0 saturated heterocycles. The first kappa shape index (κ1) is 15.1. The van der Waals surface area contributed by atoms with Crippen LogP contribution < -0.4 is 9.47 Å². The van der Waals surface area contributed by atoms with Gasteiger partial charge in [-0.15, -0.1) is 0 Å². The maximum absolute atomic E-state index is 11.3. The topological polar surface area (TPSA) is 35.5 Å². The van der Waals surface area contributed by atoms with Crippen molar-refractivity contribution in [2.24, 2.45) is 0 Å². The second-order valence-corrected chi connectivity index (χ2v) is 4.85. The minimum atomic E-state index is -0.333. The highest BCUT2D eigenvalue weighted by Crippen LogP contribution is 2.19. The molecule has 3 heteroatoms. The molecule has 0 N–H and O–H groups in total. The third-order valence-electron chi connectivity index (χ3n) is 3.06. The van der Waals surface area contributed by atoms with Crippen molar-refractivity contribution >= 4 is 5.78 Å². The summed E-state index contributed by atoms with van der Waals surface area (Å²) >= 11 is 0. The summed E-state index contributed by atoms with van der Waals surface area (Å²) in [5.74, 6) is 1.54. The average Bonchev–Trinajstić information content (AvgIpc) is 2.49. The van der Waals surface area contributed by atoms with Gasteiger partial charge in [0.2, 0.25) is 6.29 Å². The molecule has 0 heterocycles. The van der Waals surface area contributed by atoms with Gasteiger partial charge in [-0.3, -0.25) is 4.79 Å². The van der Waals surface area contributed by atoms with Crippen molar-refractivity contribution in [3.05, 3.63) is 60.2 Å². The highest BCUT2D eigenvalue weighted by atomic mass is 16.7. The summed E-state index contributed by atoms with van der Waals surface area (Å²) in [6.07, 6.45) is 1.42. The average molecular weight is 284 g/mol. The molecule has 0 aliphatic heterocycles. The van der Waals surface area contributed by atoms with Gasteiger partial charge in [0.1, 0.15) is 11.5 Å². The number of ether oxygens (including phenoxy) is 2. The van der Waals surface area contributed by atoms with Crippen molar-refractivity contribution in [2.45, 2.75) is 33.0 Å². The Hall–Kier alpha value is -2.29. The van der Waals surface area contributed by atoms with Crippen molar-refractivity contribution in [2.75, 3.05) is 0 Å². The molecule has 1 atom stereocenters.